The summed E-state index contributed by atoms with van der Waals surface area (Å²) in [7, 11) is 1.27. The van der Waals surface area contributed by atoms with Crippen LogP contribution in [0.4, 0.5) is 4.79 Å². The van der Waals surface area contributed by atoms with Crippen molar-refractivity contribution in [3.05, 3.63) is 18.2 Å². The van der Waals surface area contributed by atoms with Gasteiger partial charge >= 0.3 is 12.1 Å². The maximum absolute atomic E-state index is 12.6. The molecule has 27 heavy (non-hydrogen) atoms. The van der Waals surface area contributed by atoms with E-state index in [1.165, 1.54) is 13.4 Å². The van der Waals surface area contributed by atoms with Crippen LogP contribution < -0.4 is 10.6 Å². The number of esters is 1. The molecule has 0 aromatic carbocycles. The van der Waals surface area contributed by atoms with Gasteiger partial charge < -0.3 is 25.1 Å². The number of alkyl carbamates (subject to hydrolysis) is 1. The second-order valence-electron chi connectivity index (χ2n) is 7.89. The Balaban J connectivity index is 2.59. The van der Waals surface area contributed by atoms with Crippen molar-refractivity contribution >= 4 is 18.0 Å². The van der Waals surface area contributed by atoms with E-state index in [0.29, 0.717) is 12.1 Å². The predicted octanol–water partition coefficient (Wildman–Crippen LogP) is 1.55. The monoisotopic (exact) mass is 382 g/mol. The molecule has 1 heterocycles. The van der Waals surface area contributed by atoms with Crippen LogP contribution in [-0.4, -0.2) is 53.2 Å². The number of nitrogens with one attached hydrogen (secondary N) is 3. The van der Waals surface area contributed by atoms with Crippen LogP contribution in [0.3, 0.4) is 0 Å². The molecule has 0 saturated carbocycles. The van der Waals surface area contributed by atoms with Gasteiger partial charge in [0.2, 0.25) is 5.91 Å². The number of amides is 2. The van der Waals surface area contributed by atoms with Gasteiger partial charge in [0, 0.05) is 30.3 Å². The second-order valence-corrected chi connectivity index (χ2v) is 7.89. The first-order valence-corrected chi connectivity index (χ1v) is 8.77. The van der Waals surface area contributed by atoms with Gasteiger partial charge in [0.25, 0.3) is 0 Å². The quantitative estimate of drug-likeness (QED) is 0.586. The molecule has 2 amide bonds. The Labute approximate surface area is 159 Å². The van der Waals surface area contributed by atoms with Gasteiger partial charge in [-0.1, -0.05) is 13.8 Å². The molecule has 1 rings (SSSR count). The summed E-state index contributed by atoms with van der Waals surface area (Å²) >= 11 is 0. The highest BCUT2D eigenvalue weighted by Crippen LogP contribution is 2.20. The SMILES string of the molecule is COC(=O)C(Cc1cnc[nH]1)NC(=O)C(C)(C)CCNC(=O)OC(C)(C)C. The molecule has 0 radical (unpaired) electrons. The van der Waals surface area contributed by atoms with Crippen molar-refractivity contribution in [1.82, 2.24) is 20.6 Å². The molecule has 1 atom stereocenters. The predicted molar refractivity (Wildman–Crippen MR) is 98.9 cm³/mol. The molecule has 1 aromatic heterocycles. The zero-order valence-corrected chi connectivity index (χ0v) is 16.8. The highest BCUT2D eigenvalue weighted by Gasteiger charge is 2.32. The number of hydrogen-bond donors (Lipinski definition) is 3. The number of hydrogen-bond acceptors (Lipinski definition) is 6. The van der Waals surface area contributed by atoms with E-state index in [1.807, 2.05) is 0 Å². The van der Waals surface area contributed by atoms with Gasteiger partial charge in [-0.05, 0) is 27.2 Å². The zero-order valence-electron chi connectivity index (χ0n) is 16.8. The molecule has 152 valence electrons. The minimum atomic E-state index is -0.832. The number of carbonyl (C=O) groups excluding carboxylic acids is 3. The fraction of sp³-hybridized carbons (Fsp3) is 0.667. The Kier molecular flexibility index (Phi) is 7.81. The lowest BCUT2D eigenvalue weighted by atomic mass is 9.87. The van der Waals surface area contributed by atoms with E-state index < -0.39 is 29.1 Å². The van der Waals surface area contributed by atoms with Crippen molar-refractivity contribution in [2.45, 2.75) is 59.1 Å². The molecule has 0 spiro atoms. The molecular formula is C18H30N4O5. The number of carbonyl (C=O) groups is 3. The molecule has 1 unspecified atom stereocenters. The Morgan fingerprint density at radius 1 is 1.22 bits per heavy atom. The highest BCUT2D eigenvalue weighted by molar-refractivity contribution is 5.87. The molecular weight excluding hydrogens is 352 g/mol. The van der Waals surface area contributed by atoms with Crippen molar-refractivity contribution in [1.29, 1.82) is 0 Å². The summed E-state index contributed by atoms with van der Waals surface area (Å²) in [5, 5.41) is 5.35. The second kappa shape index (κ2) is 9.38. The fourth-order valence-corrected chi connectivity index (χ4v) is 2.21. The van der Waals surface area contributed by atoms with E-state index >= 15 is 0 Å². The molecule has 0 fully saturated rings. The molecule has 0 saturated heterocycles. The number of methoxy groups -OCH3 is 1. The zero-order chi connectivity index (χ0) is 20.7. The van der Waals surface area contributed by atoms with Crippen molar-refractivity contribution in [3.8, 4) is 0 Å². The summed E-state index contributed by atoms with van der Waals surface area (Å²) in [5.41, 5.74) is -0.692. The number of rotatable bonds is 8. The summed E-state index contributed by atoms with van der Waals surface area (Å²) in [6, 6.07) is -0.832. The summed E-state index contributed by atoms with van der Waals surface area (Å²) in [5.74, 6) is -0.857. The summed E-state index contributed by atoms with van der Waals surface area (Å²) in [6.45, 7) is 9.07. The van der Waals surface area contributed by atoms with Crippen molar-refractivity contribution in [3.63, 3.8) is 0 Å². The maximum Gasteiger partial charge on any atom is 0.407 e. The highest BCUT2D eigenvalue weighted by atomic mass is 16.6. The summed E-state index contributed by atoms with van der Waals surface area (Å²) in [6.07, 6.45) is 3.15. The van der Waals surface area contributed by atoms with Crippen LogP contribution in [0.25, 0.3) is 0 Å². The lowest BCUT2D eigenvalue weighted by Gasteiger charge is -2.27. The summed E-state index contributed by atoms with van der Waals surface area (Å²) in [4.78, 5) is 43.1. The van der Waals surface area contributed by atoms with E-state index in [1.54, 1.807) is 40.8 Å². The fourth-order valence-electron chi connectivity index (χ4n) is 2.21. The topological polar surface area (TPSA) is 122 Å². The largest absolute Gasteiger partial charge is 0.467 e. The average Bonchev–Trinajstić information content (AvgIpc) is 3.04. The molecule has 1 aromatic rings. The summed E-state index contributed by atoms with van der Waals surface area (Å²) < 4.78 is 9.93. The van der Waals surface area contributed by atoms with Crippen LogP contribution in [0.15, 0.2) is 12.5 Å². The number of aromatic nitrogens is 2. The third-order valence-corrected chi connectivity index (χ3v) is 3.80. The number of ether oxygens (including phenoxy) is 2. The first-order chi connectivity index (χ1) is 12.4. The molecule has 0 bridgehead atoms. The van der Waals surface area contributed by atoms with E-state index in [-0.39, 0.29) is 18.9 Å². The van der Waals surface area contributed by atoms with Gasteiger partial charge in [-0.15, -0.1) is 0 Å². The van der Waals surface area contributed by atoms with Gasteiger partial charge in [-0.2, -0.15) is 0 Å². The van der Waals surface area contributed by atoms with Crippen LogP contribution in [0.2, 0.25) is 0 Å². The number of imidazole rings is 1. The van der Waals surface area contributed by atoms with Crippen LogP contribution >= 0.6 is 0 Å². The Hall–Kier alpha value is -2.58. The van der Waals surface area contributed by atoms with Gasteiger partial charge in [0.15, 0.2) is 0 Å². The van der Waals surface area contributed by atoms with Crippen LogP contribution in [0.1, 0.15) is 46.7 Å². The Morgan fingerprint density at radius 2 is 1.89 bits per heavy atom. The van der Waals surface area contributed by atoms with E-state index in [4.69, 9.17) is 9.47 Å². The number of aromatic amines is 1. The van der Waals surface area contributed by atoms with Gasteiger partial charge in [0.1, 0.15) is 11.6 Å². The molecule has 9 heteroatoms. The molecule has 0 aliphatic carbocycles. The lowest BCUT2D eigenvalue weighted by Crippen LogP contribution is -2.49. The minimum absolute atomic E-state index is 0.241. The smallest absolute Gasteiger partial charge is 0.407 e. The molecule has 3 N–H and O–H groups in total. The average molecular weight is 382 g/mol. The Bertz CT molecular complexity index is 635. The maximum atomic E-state index is 12.6. The van der Waals surface area contributed by atoms with Crippen LogP contribution in [0.5, 0.6) is 0 Å². The van der Waals surface area contributed by atoms with E-state index in [2.05, 4.69) is 20.6 Å². The van der Waals surface area contributed by atoms with Gasteiger partial charge in [-0.25, -0.2) is 14.6 Å². The van der Waals surface area contributed by atoms with Crippen molar-refractivity contribution < 1.29 is 23.9 Å². The molecule has 9 nitrogen and oxygen atoms in total. The third kappa shape index (κ3) is 8.10. The first kappa shape index (κ1) is 22.5. The first-order valence-electron chi connectivity index (χ1n) is 8.77. The molecule has 0 aliphatic heterocycles. The van der Waals surface area contributed by atoms with Crippen molar-refractivity contribution in [2.75, 3.05) is 13.7 Å². The Morgan fingerprint density at radius 3 is 2.41 bits per heavy atom. The lowest BCUT2D eigenvalue weighted by molar-refractivity contribution is -0.146. The third-order valence-electron chi connectivity index (χ3n) is 3.80. The van der Waals surface area contributed by atoms with Gasteiger partial charge in [0.05, 0.1) is 13.4 Å². The van der Waals surface area contributed by atoms with E-state index in [9.17, 15) is 14.4 Å². The minimum Gasteiger partial charge on any atom is -0.467 e. The normalized spacial score (nSPS) is 12.8. The van der Waals surface area contributed by atoms with E-state index in [0.717, 1.165) is 0 Å². The van der Waals surface area contributed by atoms with Crippen molar-refractivity contribution in [2.24, 2.45) is 5.41 Å². The number of nitrogens with zero attached hydrogens (tertiary/aromatic N) is 1. The van der Waals surface area contributed by atoms with Crippen LogP contribution in [0, 0.1) is 5.41 Å². The van der Waals surface area contributed by atoms with Gasteiger partial charge in [-0.3, -0.25) is 4.79 Å². The van der Waals surface area contributed by atoms with Crippen LogP contribution in [-0.2, 0) is 25.5 Å². The number of H-pyrrole nitrogens is 1. The standard InChI is InChI=1S/C18H30N4O5/c1-17(2,3)27-16(25)20-8-7-18(4,5)15(24)22-13(14(23)26-6)9-12-10-19-11-21-12/h10-11,13H,7-9H2,1-6H3,(H,19,21)(H,20,25)(H,22,24). The molecule has 0 aliphatic rings.